The summed E-state index contributed by atoms with van der Waals surface area (Å²) in [5.41, 5.74) is -0.00953. The van der Waals surface area contributed by atoms with E-state index in [2.05, 4.69) is 20.4 Å². The smallest absolute Gasteiger partial charge is 0.294 e. The Hall–Kier alpha value is -4.73. The van der Waals surface area contributed by atoms with Gasteiger partial charge in [0.15, 0.2) is 11.5 Å². The molecule has 0 unspecified atom stereocenters. The summed E-state index contributed by atoms with van der Waals surface area (Å²) in [5, 5.41) is 18.0. The lowest BCUT2D eigenvalue weighted by Crippen LogP contribution is -2.27. The number of benzene rings is 2. The third kappa shape index (κ3) is 4.10. The number of hydrogen-bond donors (Lipinski definition) is 1. The van der Waals surface area contributed by atoms with Crippen LogP contribution in [-0.2, 0) is 0 Å². The van der Waals surface area contributed by atoms with Gasteiger partial charge in [-0.05, 0) is 19.1 Å². The van der Waals surface area contributed by atoms with Gasteiger partial charge in [0.2, 0.25) is 5.43 Å². The SMILES string of the molecule is Cc1cc(=O)c(C(=O)Nc2ccnc(-c3ccccc3)n2)nn1-c1ccccc1[N+](=O)[O-]. The summed E-state index contributed by atoms with van der Waals surface area (Å²) in [7, 11) is 0. The minimum Gasteiger partial charge on any atom is -0.305 e. The number of nitro groups is 1. The average molecular weight is 428 g/mol. The van der Waals surface area contributed by atoms with Crippen LogP contribution in [0.25, 0.3) is 17.1 Å². The average Bonchev–Trinajstić information content (AvgIpc) is 2.80. The number of rotatable bonds is 5. The molecule has 10 heteroatoms. The Bertz CT molecular complexity index is 1380. The Labute approximate surface area is 181 Å². The molecular formula is C22H16N6O4. The van der Waals surface area contributed by atoms with Crippen LogP contribution in [0.5, 0.6) is 0 Å². The van der Waals surface area contributed by atoms with E-state index in [1.165, 1.54) is 41.2 Å². The molecule has 0 spiro atoms. The number of anilines is 1. The maximum atomic E-state index is 12.8. The first kappa shape index (κ1) is 20.5. The van der Waals surface area contributed by atoms with Gasteiger partial charge in [0.05, 0.1) is 4.92 Å². The van der Waals surface area contributed by atoms with E-state index in [1.807, 2.05) is 30.3 Å². The van der Waals surface area contributed by atoms with Crippen molar-refractivity contribution in [3.63, 3.8) is 0 Å². The molecule has 10 nitrogen and oxygen atoms in total. The summed E-state index contributed by atoms with van der Waals surface area (Å²) in [6.45, 7) is 1.57. The van der Waals surface area contributed by atoms with Gasteiger partial charge in [-0.2, -0.15) is 5.10 Å². The van der Waals surface area contributed by atoms with Crippen LogP contribution in [0, 0.1) is 17.0 Å². The van der Waals surface area contributed by atoms with Gasteiger partial charge in [0.1, 0.15) is 11.5 Å². The molecule has 0 fully saturated rings. The summed E-state index contributed by atoms with van der Waals surface area (Å²) < 4.78 is 1.20. The summed E-state index contributed by atoms with van der Waals surface area (Å²) >= 11 is 0. The first-order chi connectivity index (χ1) is 15.4. The van der Waals surface area contributed by atoms with E-state index in [1.54, 1.807) is 13.0 Å². The summed E-state index contributed by atoms with van der Waals surface area (Å²) in [6, 6.07) is 17.8. The Balaban J connectivity index is 1.70. The van der Waals surface area contributed by atoms with Crippen molar-refractivity contribution in [3.8, 4) is 17.1 Å². The summed E-state index contributed by atoms with van der Waals surface area (Å²) in [5.74, 6) is -0.208. The topological polar surface area (TPSA) is 133 Å². The highest BCUT2D eigenvalue weighted by Gasteiger charge is 2.20. The van der Waals surface area contributed by atoms with Gasteiger partial charge < -0.3 is 5.32 Å². The van der Waals surface area contributed by atoms with E-state index in [4.69, 9.17) is 0 Å². The second-order valence-electron chi connectivity index (χ2n) is 6.74. The molecule has 4 aromatic rings. The standard InChI is InChI=1S/C22H16N6O4/c1-14-13-18(29)20(26-27(14)16-9-5-6-10-17(16)28(31)32)22(30)25-19-11-12-23-21(24-19)15-7-3-2-4-8-15/h2-13H,1H3,(H,23,24,25,30). The molecule has 2 aromatic carbocycles. The van der Waals surface area contributed by atoms with Crippen molar-refractivity contribution >= 4 is 17.4 Å². The molecule has 2 aromatic heterocycles. The predicted octanol–water partition coefficient (Wildman–Crippen LogP) is 3.16. The Morgan fingerprint density at radius 2 is 1.78 bits per heavy atom. The van der Waals surface area contributed by atoms with E-state index >= 15 is 0 Å². The minimum absolute atomic E-state index is 0.137. The minimum atomic E-state index is -0.792. The molecule has 2 heterocycles. The van der Waals surface area contributed by atoms with Crippen molar-refractivity contribution in [2.24, 2.45) is 0 Å². The highest BCUT2D eigenvalue weighted by molar-refractivity contribution is 6.02. The Kier molecular flexibility index (Phi) is 5.49. The van der Waals surface area contributed by atoms with Gasteiger partial charge in [-0.15, -0.1) is 0 Å². The lowest BCUT2D eigenvalue weighted by atomic mass is 10.2. The second kappa shape index (κ2) is 8.56. The molecule has 0 aliphatic rings. The Morgan fingerprint density at radius 1 is 1.06 bits per heavy atom. The molecule has 0 aliphatic carbocycles. The molecule has 0 aliphatic heterocycles. The largest absolute Gasteiger partial charge is 0.305 e. The molecule has 4 rings (SSSR count). The molecule has 0 radical (unpaired) electrons. The van der Waals surface area contributed by atoms with Gasteiger partial charge in [-0.1, -0.05) is 42.5 Å². The van der Waals surface area contributed by atoms with Crippen LogP contribution < -0.4 is 10.7 Å². The van der Waals surface area contributed by atoms with Crippen LogP contribution >= 0.6 is 0 Å². The zero-order valence-electron chi connectivity index (χ0n) is 16.8. The van der Waals surface area contributed by atoms with Crippen molar-refractivity contribution in [2.75, 3.05) is 5.32 Å². The fraction of sp³-hybridized carbons (Fsp3) is 0.0455. The van der Waals surface area contributed by atoms with Crippen LogP contribution in [0.2, 0.25) is 0 Å². The van der Waals surface area contributed by atoms with Gasteiger partial charge in [-0.25, -0.2) is 14.6 Å². The molecule has 0 bridgehead atoms. The first-order valence-electron chi connectivity index (χ1n) is 9.48. The maximum absolute atomic E-state index is 12.8. The molecule has 32 heavy (non-hydrogen) atoms. The zero-order valence-corrected chi connectivity index (χ0v) is 16.8. The van der Waals surface area contributed by atoms with Crippen molar-refractivity contribution in [1.82, 2.24) is 19.7 Å². The number of aromatic nitrogens is 4. The highest BCUT2D eigenvalue weighted by atomic mass is 16.6. The number of carbonyl (C=O) groups excluding carboxylic acids is 1. The summed E-state index contributed by atoms with van der Waals surface area (Å²) in [4.78, 5) is 44.6. The van der Waals surface area contributed by atoms with E-state index in [0.29, 0.717) is 11.5 Å². The van der Waals surface area contributed by atoms with Crippen LogP contribution in [0.15, 0.2) is 77.7 Å². The number of aryl methyl sites for hydroxylation is 1. The molecule has 1 amide bonds. The number of para-hydroxylation sites is 2. The number of hydrogen-bond acceptors (Lipinski definition) is 7. The van der Waals surface area contributed by atoms with Gasteiger partial charge in [0, 0.05) is 29.6 Å². The van der Waals surface area contributed by atoms with Crippen molar-refractivity contribution < 1.29 is 9.72 Å². The monoisotopic (exact) mass is 428 g/mol. The van der Waals surface area contributed by atoms with Crippen molar-refractivity contribution in [1.29, 1.82) is 0 Å². The van der Waals surface area contributed by atoms with Crippen LogP contribution in [0.3, 0.4) is 0 Å². The van der Waals surface area contributed by atoms with Crippen LogP contribution in [0.1, 0.15) is 16.2 Å². The molecule has 0 saturated carbocycles. The normalized spacial score (nSPS) is 10.5. The Morgan fingerprint density at radius 3 is 2.53 bits per heavy atom. The predicted molar refractivity (Wildman–Crippen MR) is 117 cm³/mol. The lowest BCUT2D eigenvalue weighted by Gasteiger charge is -2.11. The second-order valence-corrected chi connectivity index (χ2v) is 6.74. The number of nitro benzene ring substituents is 1. The van der Waals surface area contributed by atoms with Crippen molar-refractivity contribution in [2.45, 2.75) is 6.92 Å². The van der Waals surface area contributed by atoms with E-state index in [0.717, 1.165) is 5.56 Å². The maximum Gasteiger partial charge on any atom is 0.294 e. The third-order valence-corrected chi connectivity index (χ3v) is 4.56. The molecule has 158 valence electrons. The number of carbonyl (C=O) groups is 1. The molecule has 0 saturated heterocycles. The van der Waals surface area contributed by atoms with Gasteiger partial charge in [-0.3, -0.25) is 19.7 Å². The zero-order chi connectivity index (χ0) is 22.7. The molecule has 1 N–H and O–H groups in total. The molecule has 0 atom stereocenters. The lowest BCUT2D eigenvalue weighted by molar-refractivity contribution is -0.384. The van der Waals surface area contributed by atoms with Crippen LogP contribution in [0.4, 0.5) is 11.5 Å². The van der Waals surface area contributed by atoms with Gasteiger partial charge >= 0.3 is 0 Å². The quantitative estimate of drug-likeness (QED) is 0.381. The van der Waals surface area contributed by atoms with Crippen molar-refractivity contribution in [3.05, 3.63) is 105 Å². The highest BCUT2D eigenvalue weighted by Crippen LogP contribution is 2.22. The number of nitrogens with one attached hydrogen (secondary N) is 1. The number of amides is 1. The molecular weight excluding hydrogens is 412 g/mol. The van der Waals surface area contributed by atoms with Crippen LogP contribution in [-0.4, -0.2) is 30.6 Å². The van der Waals surface area contributed by atoms with E-state index in [9.17, 15) is 19.7 Å². The fourth-order valence-corrected chi connectivity index (χ4v) is 3.08. The van der Waals surface area contributed by atoms with E-state index < -0.39 is 22.0 Å². The van der Waals surface area contributed by atoms with Gasteiger partial charge in [0.25, 0.3) is 11.6 Å². The first-order valence-corrected chi connectivity index (χ1v) is 9.48. The third-order valence-electron chi connectivity index (χ3n) is 4.56. The van der Waals surface area contributed by atoms with E-state index in [-0.39, 0.29) is 17.2 Å². The summed E-state index contributed by atoms with van der Waals surface area (Å²) in [6.07, 6.45) is 1.49. The fourth-order valence-electron chi connectivity index (χ4n) is 3.08. The number of nitrogens with zero attached hydrogens (tertiary/aromatic N) is 5.